The molecule has 0 aromatic carbocycles. The number of carbonyl (C=O) groups excluding carboxylic acids is 1. The van der Waals surface area contributed by atoms with E-state index >= 15 is 0 Å². The molecule has 0 saturated carbocycles. The molecule has 0 radical (unpaired) electrons. The van der Waals surface area contributed by atoms with Crippen molar-refractivity contribution in [2.24, 2.45) is 0 Å². The van der Waals surface area contributed by atoms with E-state index in [1.807, 2.05) is 6.92 Å². The summed E-state index contributed by atoms with van der Waals surface area (Å²) in [6.07, 6.45) is 6.95. The van der Waals surface area contributed by atoms with Gasteiger partial charge in [0.2, 0.25) is 5.91 Å². The monoisotopic (exact) mass is 235 g/mol. The highest BCUT2D eigenvalue weighted by Crippen LogP contribution is 2.15. The minimum absolute atomic E-state index is 0.0475. The van der Waals surface area contributed by atoms with Crippen LogP contribution in [-0.2, 0) is 9.53 Å². The minimum atomic E-state index is -0.121. The average molecular weight is 235 g/mol. The van der Waals surface area contributed by atoms with Gasteiger partial charge in [-0.25, -0.2) is 0 Å². The van der Waals surface area contributed by atoms with E-state index in [-0.39, 0.29) is 18.1 Å². The molecule has 0 spiro atoms. The fourth-order valence-corrected chi connectivity index (χ4v) is 1.91. The molecule has 0 aliphatic carbocycles. The van der Waals surface area contributed by atoms with E-state index in [0.717, 1.165) is 19.4 Å². The SMILES string of the molecule is C[C@H](NC(=O)/C=C\c1ccco1)[C@@H]1CCCO1. The summed E-state index contributed by atoms with van der Waals surface area (Å²) in [5.41, 5.74) is 0. The van der Waals surface area contributed by atoms with Gasteiger partial charge in [0.05, 0.1) is 18.4 Å². The average Bonchev–Trinajstić information content (AvgIpc) is 2.99. The Kier molecular flexibility index (Phi) is 3.98. The van der Waals surface area contributed by atoms with E-state index in [2.05, 4.69) is 5.32 Å². The number of ether oxygens (including phenoxy) is 1. The van der Waals surface area contributed by atoms with E-state index in [1.54, 1.807) is 24.5 Å². The van der Waals surface area contributed by atoms with Crippen LogP contribution in [0.25, 0.3) is 6.08 Å². The maximum Gasteiger partial charge on any atom is 0.244 e. The molecule has 1 aliphatic rings. The summed E-state index contributed by atoms with van der Waals surface area (Å²) < 4.78 is 10.6. The first-order valence-electron chi connectivity index (χ1n) is 5.89. The van der Waals surface area contributed by atoms with Gasteiger partial charge in [0.15, 0.2) is 0 Å². The third kappa shape index (κ3) is 3.46. The van der Waals surface area contributed by atoms with Crippen molar-refractivity contribution in [2.45, 2.75) is 31.9 Å². The highest BCUT2D eigenvalue weighted by molar-refractivity contribution is 5.91. The molecule has 1 saturated heterocycles. The van der Waals surface area contributed by atoms with Crippen molar-refractivity contribution in [3.63, 3.8) is 0 Å². The van der Waals surface area contributed by atoms with Gasteiger partial charge in [0.25, 0.3) is 0 Å². The Labute approximate surface area is 101 Å². The van der Waals surface area contributed by atoms with Crippen molar-refractivity contribution >= 4 is 12.0 Å². The van der Waals surface area contributed by atoms with Gasteiger partial charge >= 0.3 is 0 Å². The summed E-state index contributed by atoms with van der Waals surface area (Å²) in [6, 6.07) is 3.63. The molecule has 1 amide bonds. The smallest absolute Gasteiger partial charge is 0.244 e. The van der Waals surface area contributed by atoms with E-state index in [0.29, 0.717) is 5.76 Å². The van der Waals surface area contributed by atoms with Crippen molar-refractivity contribution in [1.29, 1.82) is 0 Å². The Bertz CT molecular complexity index is 377. The van der Waals surface area contributed by atoms with Gasteiger partial charge in [-0.2, -0.15) is 0 Å². The molecule has 92 valence electrons. The zero-order valence-corrected chi connectivity index (χ0v) is 9.89. The minimum Gasteiger partial charge on any atom is -0.465 e. The lowest BCUT2D eigenvalue weighted by atomic mass is 10.1. The molecule has 2 rings (SSSR count). The predicted molar refractivity (Wildman–Crippen MR) is 64.3 cm³/mol. The van der Waals surface area contributed by atoms with E-state index < -0.39 is 0 Å². The molecular formula is C13H17NO3. The van der Waals surface area contributed by atoms with Crippen LogP contribution >= 0.6 is 0 Å². The largest absolute Gasteiger partial charge is 0.465 e. The van der Waals surface area contributed by atoms with Crippen LogP contribution in [0.1, 0.15) is 25.5 Å². The zero-order valence-electron chi connectivity index (χ0n) is 9.89. The second-order valence-corrected chi connectivity index (χ2v) is 4.20. The normalized spacial score (nSPS) is 21.8. The number of nitrogens with one attached hydrogen (secondary N) is 1. The van der Waals surface area contributed by atoms with Crippen molar-refractivity contribution in [3.05, 3.63) is 30.2 Å². The third-order valence-electron chi connectivity index (χ3n) is 2.83. The first-order chi connectivity index (χ1) is 8.25. The summed E-state index contributed by atoms with van der Waals surface area (Å²) in [7, 11) is 0. The van der Waals surface area contributed by atoms with Crippen LogP contribution in [0.15, 0.2) is 28.9 Å². The lowest BCUT2D eigenvalue weighted by Crippen LogP contribution is -2.39. The summed E-state index contributed by atoms with van der Waals surface area (Å²) in [5.74, 6) is 0.550. The first-order valence-corrected chi connectivity index (χ1v) is 5.89. The van der Waals surface area contributed by atoms with Gasteiger partial charge < -0.3 is 14.5 Å². The van der Waals surface area contributed by atoms with Gasteiger partial charge in [0.1, 0.15) is 5.76 Å². The summed E-state index contributed by atoms with van der Waals surface area (Å²) in [5, 5.41) is 2.89. The third-order valence-corrected chi connectivity index (χ3v) is 2.83. The fourth-order valence-electron chi connectivity index (χ4n) is 1.91. The maximum absolute atomic E-state index is 11.6. The molecule has 1 aromatic rings. The van der Waals surface area contributed by atoms with Crippen LogP contribution in [0.2, 0.25) is 0 Å². The Morgan fingerprint density at radius 3 is 3.18 bits per heavy atom. The predicted octanol–water partition coefficient (Wildman–Crippen LogP) is 1.98. The maximum atomic E-state index is 11.6. The molecule has 17 heavy (non-hydrogen) atoms. The number of rotatable bonds is 4. The Balaban J connectivity index is 1.80. The van der Waals surface area contributed by atoms with Crippen molar-refractivity contribution in [2.75, 3.05) is 6.61 Å². The fraction of sp³-hybridized carbons (Fsp3) is 0.462. The quantitative estimate of drug-likeness (QED) is 0.812. The topological polar surface area (TPSA) is 51.5 Å². The zero-order chi connectivity index (χ0) is 12.1. The molecule has 1 aliphatic heterocycles. The molecule has 2 heterocycles. The van der Waals surface area contributed by atoms with E-state index in [9.17, 15) is 4.79 Å². The summed E-state index contributed by atoms with van der Waals surface area (Å²) in [6.45, 7) is 2.77. The number of hydrogen-bond donors (Lipinski definition) is 1. The number of amides is 1. The summed E-state index contributed by atoms with van der Waals surface area (Å²) >= 11 is 0. The lowest BCUT2D eigenvalue weighted by Gasteiger charge is -2.18. The molecule has 4 heteroatoms. The van der Waals surface area contributed by atoms with Gasteiger partial charge in [0, 0.05) is 12.7 Å². The highest BCUT2D eigenvalue weighted by Gasteiger charge is 2.22. The van der Waals surface area contributed by atoms with Crippen molar-refractivity contribution < 1.29 is 13.9 Å². The van der Waals surface area contributed by atoms with E-state index in [1.165, 1.54) is 6.08 Å². The Morgan fingerprint density at radius 2 is 2.53 bits per heavy atom. The second-order valence-electron chi connectivity index (χ2n) is 4.20. The Morgan fingerprint density at radius 1 is 1.65 bits per heavy atom. The molecule has 0 bridgehead atoms. The van der Waals surface area contributed by atoms with Gasteiger partial charge in [-0.05, 0) is 38.0 Å². The second kappa shape index (κ2) is 5.68. The standard InChI is InChI=1S/C13H17NO3/c1-10(12-5-3-9-17-12)14-13(15)7-6-11-4-2-8-16-11/h2,4,6-8,10,12H,3,5,9H2,1H3,(H,14,15)/b7-6-/t10-,12-/m0/s1. The van der Waals surface area contributed by atoms with Crippen LogP contribution in [0.5, 0.6) is 0 Å². The molecular weight excluding hydrogens is 218 g/mol. The van der Waals surface area contributed by atoms with Gasteiger partial charge in [-0.1, -0.05) is 0 Å². The highest BCUT2D eigenvalue weighted by atomic mass is 16.5. The van der Waals surface area contributed by atoms with Crippen molar-refractivity contribution in [3.8, 4) is 0 Å². The van der Waals surface area contributed by atoms with Crippen LogP contribution < -0.4 is 5.32 Å². The van der Waals surface area contributed by atoms with Crippen LogP contribution in [0.3, 0.4) is 0 Å². The number of hydrogen-bond acceptors (Lipinski definition) is 3. The lowest BCUT2D eigenvalue weighted by molar-refractivity contribution is -0.117. The Hall–Kier alpha value is -1.55. The number of carbonyl (C=O) groups is 1. The van der Waals surface area contributed by atoms with Crippen LogP contribution in [0, 0.1) is 0 Å². The molecule has 0 unspecified atom stereocenters. The molecule has 1 N–H and O–H groups in total. The number of furan rings is 1. The van der Waals surface area contributed by atoms with E-state index in [4.69, 9.17) is 9.15 Å². The first kappa shape index (κ1) is 11.9. The molecule has 4 nitrogen and oxygen atoms in total. The molecule has 1 aromatic heterocycles. The van der Waals surface area contributed by atoms with Gasteiger partial charge in [-0.15, -0.1) is 0 Å². The van der Waals surface area contributed by atoms with Crippen LogP contribution in [0.4, 0.5) is 0 Å². The molecule has 1 fully saturated rings. The van der Waals surface area contributed by atoms with Gasteiger partial charge in [-0.3, -0.25) is 4.79 Å². The van der Waals surface area contributed by atoms with Crippen molar-refractivity contribution in [1.82, 2.24) is 5.32 Å². The molecule has 2 atom stereocenters. The summed E-state index contributed by atoms with van der Waals surface area (Å²) in [4.78, 5) is 11.6. The van der Waals surface area contributed by atoms with Crippen LogP contribution in [-0.4, -0.2) is 24.7 Å².